The molecule has 5 heteroatoms. The molecule has 0 atom stereocenters. The Balaban J connectivity index is 1.70. The third-order valence-corrected chi connectivity index (χ3v) is 3.79. The molecule has 0 spiro atoms. The van der Waals surface area contributed by atoms with Crippen LogP contribution in [-0.4, -0.2) is 35.9 Å². The third-order valence-electron chi connectivity index (χ3n) is 2.89. The Kier molecular flexibility index (Phi) is 4.12. The molecule has 0 radical (unpaired) electrons. The molecule has 1 N–H and O–H groups in total. The number of hydrogen-bond acceptors (Lipinski definition) is 4. The first kappa shape index (κ1) is 12.5. The van der Waals surface area contributed by atoms with Crippen LogP contribution >= 0.6 is 11.3 Å². The van der Waals surface area contributed by atoms with Crippen molar-refractivity contribution < 1.29 is 4.79 Å². The highest BCUT2D eigenvalue weighted by Crippen LogP contribution is 2.27. The second-order valence-corrected chi connectivity index (χ2v) is 5.99. The second kappa shape index (κ2) is 5.60. The third kappa shape index (κ3) is 4.09. The fourth-order valence-corrected chi connectivity index (χ4v) is 2.49. The van der Waals surface area contributed by atoms with Gasteiger partial charge in [0, 0.05) is 18.1 Å². The molecular weight excluding hydrogens is 234 g/mol. The molecule has 1 amide bonds. The molecule has 17 heavy (non-hydrogen) atoms. The van der Waals surface area contributed by atoms with Gasteiger partial charge in [0.1, 0.15) is 0 Å². The molecular formula is C12H19N3OS. The van der Waals surface area contributed by atoms with Gasteiger partial charge in [0.15, 0.2) is 0 Å². The maximum absolute atomic E-state index is 11.8. The van der Waals surface area contributed by atoms with Gasteiger partial charge in [-0.2, -0.15) is 0 Å². The van der Waals surface area contributed by atoms with Gasteiger partial charge in [-0.05, 0) is 32.2 Å². The number of amides is 1. The van der Waals surface area contributed by atoms with Crippen LogP contribution in [0.5, 0.6) is 0 Å². The molecule has 1 aliphatic rings. The minimum atomic E-state index is 0.150. The Morgan fingerprint density at radius 3 is 3.00 bits per heavy atom. The van der Waals surface area contributed by atoms with E-state index < -0.39 is 0 Å². The number of rotatable bonds is 6. The summed E-state index contributed by atoms with van der Waals surface area (Å²) in [7, 11) is 1.84. The van der Waals surface area contributed by atoms with Crippen LogP contribution in [-0.2, 0) is 11.3 Å². The molecule has 0 unspecified atom stereocenters. The van der Waals surface area contributed by atoms with Crippen molar-refractivity contribution in [2.24, 2.45) is 5.92 Å². The summed E-state index contributed by atoms with van der Waals surface area (Å²) in [4.78, 5) is 18.9. The number of carbonyl (C=O) groups excluding carboxylic acids is 1. The molecule has 1 fully saturated rings. The summed E-state index contributed by atoms with van der Waals surface area (Å²) in [6, 6.07) is 0. The van der Waals surface area contributed by atoms with E-state index in [1.807, 2.05) is 20.2 Å². The largest absolute Gasteiger partial charge is 0.339 e. The number of aryl methyl sites for hydroxylation is 1. The van der Waals surface area contributed by atoms with Gasteiger partial charge in [-0.3, -0.25) is 4.79 Å². The van der Waals surface area contributed by atoms with E-state index in [4.69, 9.17) is 0 Å². The number of nitrogens with one attached hydrogen (secondary N) is 1. The first-order chi connectivity index (χ1) is 8.15. The standard InChI is InChI=1S/C12H19N3OS/c1-9-14-6-11(17-9)8-15(2)12(16)7-13-5-10-3-4-10/h6,10,13H,3-5,7-8H2,1-2H3. The Hall–Kier alpha value is -0.940. The van der Waals surface area contributed by atoms with Crippen LogP contribution in [0.25, 0.3) is 0 Å². The van der Waals surface area contributed by atoms with Gasteiger partial charge in [-0.15, -0.1) is 11.3 Å². The topological polar surface area (TPSA) is 45.2 Å². The van der Waals surface area contributed by atoms with Gasteiger partial charge in [0.2, 0.25) is 5.91 Å². The van der Waals surface area contributed by atoms with Crippen LogP contribution in [0.15, 0.2) is 6.20 Å². The molecule has 1 aromatic rings. The van der Waals surface area contributed by atoms with Crippen molar-refractivity contribution in [3.63, 3.8) is 0 Å². The lowest BCUT2D eigenvalue weighted by molar-refractivity contribution is -0.129. The van der Waals surface area contributed by atoms with E-state index in [0.717, 1.165) is 22.3 Å². The highest BCUT2D eigenvalue weighted by molar-refractivity contribution is 7.11. The van der Waals surface area contributed by atoms with Crippen molar-refractivity contribution in [1.29, 1.82) is 0 Å². The molecule has 0 saturated heterocycles. The molecule has 0 aliphatic heterocycles. The van der Waals surface area contributed by atoms with Gasteiger partial charge in [0.25, 0.3) is 0 Å². The fraction of sp³-hybridized carbons (Fsp3) is 0.667. The summed E-state index contributed by atoms with van der Waals surface area (Å²) in [6.07, 6.45) is 4.48. The molecule has 1 heterocycles. The predicted octanol–water partition coefficient (Wildman–Crippen LogP) is 1.41. The highest BCUT2D eigenvalue weighted by atomic mass is 32.1. The molecule has 2 rings (SSSR count). The molecule has 0 bridgehead atoms. The number of aromatic nitrogens is 1. The number of likely N-dealkylation sites (N-methyl/N-ethyl adjacent to an activating group) is 1. The van der Waals surface area contributed by atoms with E-state index in [1.165, 1.54) is 12.8 Å². The summed E-state index contributed by atoms with van der Waals surface area (Å²) in [5, 5.41) is 4.26. The highest BCUT2D eigenvalue weighted by Gasteiger charge is 2.21. The SMILES string of the molecule is Cc1ncc(CN(C)C(=O)CNCC2CC2)s1. The van der Waals surface area contributed by atoms with E-state index >= 15 is 0 Å². The smallest absolute Gasteiger partial charge is 0.236 e. The van der Waals surface area contributed by atoms with Gasteiger partial charge in [-0.1, -0.05) is 0 Å². The Bertz CT molecular complexity index is 387. The summed E-state index contributed by atoms with van der Waals surface area (Å²) in [6.45, 7) is 4.08. The molecule has 0 aromatic carbocycles. The summed E-state index contributed by atoms with van der Waals surface area (Å²) < 4.78 is 0. The zero-order valence-electron chi connectivity index (χ0n) is 10.4. The molecule has 1 aromatic heterocycles. The second-order valence-electron chi connectivity index (χ2n) is 4.67. The van der Waals surface area contributed by atoms with Crippen molar-refractivity contribution in [3.05, 3.63) is 16.1 Å². The first-order valence-corrected chi connectivity index (χ1v) is 6.83. The van der Waals surface area contributed by atoms with Crippen molar-refractivity contribution in [3.8, 4) is 0 Å². The Morgan fingerprint density at radius 2 is 2.41 bits per heavy atom. The van der Waals surface area contributed by atoms with E-state index in [9.17, 15) is 4.79 Å². The zero-order chi connectivity index (χ0) is 12.3. The van der Waals surface area contributed by atoms with E-state index in [1.54, 1.807) is 16.2 Å². The maximum Gasteiger partial charge on any atom is 0.236 e. The number of hydrogen-bond donors (Lipinski definition) is 1. The normalized spacial score (nSPS) is 14.9. The van der Waals surface area contributed by atoms with E-state index in [0.29, 0.717) is 13.1 Å². The zero-order valence-corrected chi connectivity index (χ0v) is 11.2. The van der Waals surface area contributed by atoms with Crippen LogP contribution in [0, 0.1) is 12.8 Å². The van der Waals surface area contributed by atoms with Gasteiger partial charge >= 0.3 is 0 Å². The van der Waals surface area contributed by atoms with Crippen LogP contribution in [0.2, 0.25) is 0 Å². The van der Waals surface area contributed by atoms with E-state index in [-0.39, 0.29) is 5.91 Å². The van der Waals surface area contributed by atoms with Gasteiger partial charge in [0.05, 0.1) is 18.1 Å². The predicted molar refractivity (Wildman–Crippen MR) is 68.9 cm³/mol. The Labute approximate surface area is 106 Å². The van der Waals surface area contributed by atoms with Crippen LogP contribution in [0.1, 0.15) is 22.7 Å². The van der Waals surface area contributed by atoms with Crippen molar-refractivity contribution >= 4 is 17.2 Å². The molecule has 1 saturated carbocycles. The maximum atomic E-state index is 11.8. The van der Waals surface area contributed by atoms with Crippen molar-refractivity contribution in [2.45, 2.75) is 26.3 Å². The minimum absolute atomic E-state index is 0.150. The van der Waals surface area contributed by atoms with Crippen LogP contribution in [0.4, 0.5) is 0 Å². The van der Waals surface area contributed by atoms with Crippen LogP contribution in [0.3, 0.4) is 0 Å². The average Bonchev–Trinajstić information content (AvgIpc) is 3.02. The van der Waals surface area contributed by atoms with Crippen molar-refractivity contribution in [2.75, 3.05) is 20.1 Å². The number of thiazole rings is 1. The minimum Gasteiger partial charge on any atom is -0.339 e. The van der Waals surface area contributed by atoms with Crippen molar-refractivity contribution in [1.82, 2.24) is 15.2 Å². The van der Waals surface area contributed by atoms with Gasteiger partial charge < -0.3 is 10.2 Å². The lowest BCUT2D eigenvalue weighted by Gasteiger charge is -2.16. The van der Waals surface area contributed by atoms with Gasteiger partial charge in [-0.25, -0.2) is 4.98 Å². The molecule has 1 aliphatic carbocycles. The molecule has 4 nitrogen and oxygen atoms in total. The summed E-state index contributed by atoms with van der Waals surface area (Å²) in [5.74, 6) is 0.967. The molecule has 94 valence electrons. The fourth-order valence-electron chi connectivity index (χ4n) is 1.64. The van der Waals surface area contributed by atoms with Crippen LogP contribution < -0.4 is 5.32 Å². The number of nitrogens with zero attached hydrogens (tertiary/aromatic N) is 2. The average molecular weight is 253 g/mol. The summed E-state index contributed by atoms with van der Waals surface area (Å²) >= 11 is 1.65. The monoisotopic (exact) mass is 253 g/mol. The number of carbonyl (C=O) groups is 1. The summed E-state index contributed by atoms with van der Waals surface area (Å²) in [5.41, 5.74) is 0. The van der Waals surface area contributed by atoms with E-state index in [2.05, 4.69) is 10.3 Å². The first-order valence-electron chi connectivity index (χ1n) is 6.01. The Morgan fingerprint density at radius 1 is 1.65 bits per heavy atom. The quantitative estimate of drug-likeness (QED) is 0.833. The lowest BCUT2D eigenvalue weighted by atomic mass is 10.4. The lowest BCUT2D eigenvalue weighted by Crippen LogP contribution is -2.35.